The van der Waals surface area contributed by atoms with Crippen molar-refractivity contribution < 1.29 is 19.1 Å². The summed E-state index contributed by atoms with van der Waals surface area (Å²) in [5.41, 5.74) is 6.42. The molecule has 5 rings (SSSR count). The zero-order valence-electron chi connectivity index (χ0n) is 20.5. The minimum atomic E-state index is -0.678. The molecule has 11 heteroatoms. The predicted molar refractivity (Wildman–Crippen MR) is 134 cm³/mol. The van der Waals surface area contributed by atoms with Gasteiger partial charge in [-0.3, -0.25) is 19.9 Å². The van der Waals surface area contributed by atoms with Crippen molar-refractivity contribution in [3.05, 3.63) is 65.4 Å². The van der Waals surface area contributed by atoms with Crippen molar-refractivity contribution in [2.75, 3.05) is 31.1 Å². The van der Waals surface area contributed by atoms with Crippen LogP contribution in [0.1, 0.15) is 27.9 Å². The molecule has 0 spiro atoms. The summed E-state index contributed by atoms with van der Waals surface area (Å²) >= 11 is 0. The summed E-state index contributed by atoms with van der Waals surface area (Å²) in [6.07, 6.45) is -0.985. The molecule has 3 atom stereocenters. The number of hydrogen-bond acceptors (Lipinski definition) is 8. The van der Waals surface area contributed by atoms with Crippen LogP contribution < -0.4 is 35.9 Å². The molecule has 0 bridgehead atoms. The number of aryl methyl sites for hydroxylation is 2. The number of carbonyl (C=O) groups is 2. The third-order valence-electron chi connectivity index (χ3n) is 6.39. The van der Waals surface area contributed by atoms with E-state index in [1.165, 1.54) is 14.2 Å². The number of methoxy groups -OCH3 is 2. The lowest BCUT2D eigenvalue weighted by molar-refractivity contribution is -0.129. The second-order valence-corrected chi connectivity index (χ2v) is 8.81. The number of nitrogens with zero attached hydrogens (tertiary/aromatic N) is 3. The van der Waals surface area contributed by atoms with Crippen LogP contribution in [0, 0.1) is 19.8 Å². The van der Waals surface area contributed by atoms with Gasteiger partial charge in [0, 0.05) is 12.6 Å². The molecule has 2 fully saturated rings. The fourth-order valence-corrected chi connectivity index (χ4v) is 4.60. The summed E-state index contributed by atoms with van der Waals surface area (Å²) in [6.45, 7) is 4.35. The zero-order chi connectivity index (χ0) is 25.4. The van der Waals surface area contributed by atoms with Crippen molar-refractivity contribution in [3.8, 4) is 11.5 Å². The first-order chi connectivity index (χ1) is 17.4. The molecule has 4 N–H and O–H groups in total. The molecule has 3 aromatic rings. The normalized spacial score (nSPS) is 21.1. The van der Waals surface area contributed by atoms with Gasteiger partial charge in [-0.05, 0) is 38.1 Å². The van der Waals surface area contributed by atoms with Crippen LogP contribution in [0.15, 0.2) is 48.5 Å². The van der Waals surface area contributed by atoms with E-state index in [9.17, 15) is 9.59 Å². The molecule has 2 aliphatic heterocycles. The summed E-state index contributed by atoms with van der Waals surface area (Å²) in [4.78, 5) is 26.2. The van der Waals surface area contributed by atoms with Gasteiger partial charge in [0.2, 0.25) is 5.91 Å². The average molecular weight is 492 g/mol. The molecular weight excluding hydrogens is 462 g/mol. The number of fused-ring (bicyclic) bond motifs is 1. The van der Waals surface area contributed by atoms with Crippen molar-refractivity contribution in [3.63, 3.8) is 0 Å². The highest BCUT2D eigenvalue weighted by molar-refractivity contribution is 6.06. The molecule has 2 aromatic carbocycles. The first kappa shape index (κ1) is 23.6. The quantitative estimate of drug-likeness (QED) is 0.413. The maximum Gasteiger partial charge on any atom is 0.260 e. The van der Waals surface area contributed by atoms with Crippen LogP contribution in [0.3, 0.4) is 0 Å². The Hall–Kier alpha value is -4.09. The lowest BCUT2D eigenvalue weighted by atomic mass is 10.0. The van der Waals surface area contributed by atoms with E-state index in [1.807, 2.05) is 43.1 Å². The topological polar surface area (TPSA) is 122 Å². The Bertz CT molecular complexity index is 1290. The van der Waals surface area contributed by atoms with E-state index in [0.29, 0.717) is 35.1 Å². The maximum atomic E-state index is 13.2. The van der Waals surface area contributed by atoms with Crippen LogP contribution in [-0.2, 0) is 4.79 Å². The maximum absolute atomic E-state index is 13.2. The monoisotopic (exact) mass is 491 g/mol. The van der Waals surface area contributed by atoms with E-state index in [1.54, 1.807) is 28.9 Å². The number of ether oxygens (including phenoxy) is 2. The van der Waals surface area contributed by atoms with Gasteiger partial charge >= 0.3 is 0 Å². The second-order valence-electron chi connectivity index (χ2n) is 8.81. The highest BCUT2D eigenvalue weighted by Crippen LogP contribution is 2.32. The first-order valence-corrected chi connectivity index (χ1v) is 11.6. The molecule has 0 radical (unpaired) electrons. The van der Waals surface area contributed by atoms with Gasteiger partial charge in [-0.25, -0.2) is 10.1 Å². The predicted octanol–water partition coefficient (Wildman–Crippen LogP) is 1.91. The summed E-state index contributed by atoms with van der Waals surface area (Å²) in [5.74, 6) is 0.413. The highest BCUT2D eigenvalue weighted by atomic mass is 16.5. The van der Waals surface area contributed by atoms with Crippen LogP contribution in [0.25, 0.3) is 0 Å². The largest absolute Gasteiger partial charge is 0.493 e. The van der Waals surface area contributed by atoms with Crippen LogP contribution in [0.2, 0.25) is 0 Å². The van der Waals surface area contributed by atoms with Gasteiger partial charge in [-0.2, -0.15) is 5.10 Å². The van der Waals surface area contributed by atoms with E-state index in [0.717, 1.165) is 11.3 Å². The summed E-state index contributed by atoms with van der Waals surface area (Å²) in [7, 11) is 3.00. The van der Waals surface area contributed by atoms with Crippen LogP contribution in [0.5, 0.6) is 11.5 Å². The van der Waals surface area contributed by atoms with Gasteiger partial charge in [-0.15, -0.1) is 0 Å². The Morgan fingerprint density at radius 2 is 1.89 bits per heavy atom. The summed E-state index contributed by atoms with van der Waals surface area (Å²) in [5, 5.41) is 15.9. The van der Waals surface area contributed by atoms with Crippen molar-refractivity contribution >= 4 is 23.3 Å². The van der Waals surface area contributed by atoms with Gasteiger partial charge in [0.05, 0.1) is 37.1 Å². The Kier molecular flexibility index (Phi) is 6.25. The van der Waals surface area contributed by atoms with Gasteiger partial charge in [0.25, 0.3) is 5.91 Å². The number of anilines is 2. The SMILES string of the molecule is COc1cccc(C(=O)Nc2cc(C)nn2C2NC(=O)C3CNN(c4ccc(C)cc4)C3N2)c1OC. The highest BCUT2D eigenvalue weighted by Gasteiger charge is 2.45. The first-order valence-electron chi connectivity index (χ1n) is 11.6. The Morgan fingerprint density at radius 1 is 1.11 bits per heavy atom. The molecule has 3 heterocycles. The molecule has 2 saturated heterocycles. The van der Waals surface area contributed by atoms with E-state index in [2.05, 4.69) is 26.5 Å². The molecule has 2 amide bonds. The lowest BCUT2D eigenvalue weighted by Crippen LogP contribution is -2.61. The van der Waals surface area contributed by atoms with E-state index in [-0.39, 0.29) is 18.0 Å². The molecule has 0 saturated carbocycles. The fraction of sp³-hybridized carbons (Fsp3) is 0.320. The van der Waals surface area contributed by atoms with Gasteiger partial charge in [0.1, 0.15) is 12.0 Å². The number of para-hydroxylation sites is 1. The minimum absolute atomic E-state index is 0.106. The molecule has 1 aromatic heterocycles. The van der Waals surface area contributed by atoms with Crippen molar-refractivity contribution in [1.82, 2.24) is 25.8 Å². The fourth-order valence-electron chi connectivity index (χ4n) is 4.60. The number of hydrogen-bond donors (Lipinski definition) is 4. The molecular formula is C25H29N7O4. The number of amides is 2. The standard InChI is InChI=1S/C25H29N7O4/c1-14-8-10-16(11-9-14)31-22-18(13-26-31)24(34)29-25(28-22)32-20(12-15(2)30-32)27-23(33)17-6-5-7-19(35-3)21(17)36-4/h5-12,18,22,25-26,28H,13H2,1-4H3,(H,27,33)(H,29,34). The third-order valence-corrected chi connectivity index (χ3v) is 6.39. The van der Waals surface area contributed by atoms with Crippen LogP contribution >= 0.6 is 0 Å². The smallest absolute Gasteiger partial charge is 0.260 e. The van der Waals surface area contributed by atoms with E-state index in [4.69, 9.17) is 9.47 Å². The van der Waals surface area contributed by atoms with Gasteiger partial charge in [-0.1, -0.05) is 23.8 Å². The Labute approximate surface area is 208 Å². The van der Waals surface area contributed by atoms with Crippen LogP contribution in [0.4, 0.5) is 11.5 Å². The molecule has 3 unspecified atom stereocenters. The number of benzene rings is 2. The number of rotatable bonds is 6. The molecule has 2 aliphatic rings. The summed E-state index contributed by atoms with van der Waals surface area (Å²) in [6, 6.07) is 14.9. The minimum Gasteiger partial charge on any atom is -0.493 e. The number of carbonyl (C=O) groups excluding carboxylic acids is 2. The van der Waals surface area contributed by atoms with Gasteiger partial charge in [0.15, 0.2) is 17.8 Å². The summed E-state index contributed by atoms with van der Waals surface area (Å²) < 4.78 is 12.3. The molecule has 0 aliphatic carbocycles. The zero-order valence-corrected chi connectivity index (χ0v) is 20.5. The number of nitrogens with one attached hydrogen (secondary N) is 4. The molecule has 36 heavy (non-hydrogen) atoms. The lowest BCUT2D eigenvalue weighted by Gasteiger charge is -2.37. The average Bonchev–Trinajstić information content (AvgIpc) is 3.47. The van der Waals surface area contributed by atoms with E-state index >= 15 is 0 Å². The van der Waals surface area contributed by atoms with E-state index < -0.39 is 12.2 Å². The van der Waals surface area contributed by atoms with Crippen molar-refractivity contribution in [2.45, 2.75) is 26.3 Å². The third kappa shape index (κ3) is 4.23. The molecule has 11 nitrogen and oxygen atoms in total. The van der Waals surface area contributed by atoms with Crippen molar-refractivity contribution in [2.24, 2.45) is 5.92 Å². The molecule has 188 valence electrons. The number of hydrazine groups is 1. The Morgan fingerprint density at radius 3 is 2.61 bits per heavy atom. The number of aromatic nitrogens is 2. The van der Waals surface area contributed by atoms with Gasteiger partial charge < -0.3 is 20.1 Å². The second kappa shape index (κ2) is 9.51. The van der Waals surface area contributed by atoms with Crippen LogP contribution in [-0.4, -0.2) is 48.5 Å². The van der Waals surface area contributed by atoms with Crippen molar-refractivity contribution in [1.29, 1.82) is 0 Å². The Balaban J connectivity index is 1.41.